The zero-order valence-electron chi connectivity index (χ0n) is 13.8. The molecular formula is C20H17N3O2. The van der Waals surface area contributed by atoms with Gasteiger partial charge in [-0.2, -0.15) is 5.10 Å². The fourth-order valence-corrected chi connectivity index (χ4v) is 4.25. The van der Waals surface area contributed by atoms with Gasteiger partial charge < -0.3 is 0 Å². The molecule has 5 rings (SSSR count). The van der Waals surface area contributed by atoms with Crippen LogP contribution in [-0.4, -0.2) is 29.6 Å². The van der Waals surface area contributed by atoms with Gasteiger partial charge >= 0.3 is 0 Å². The summed E-state index contributed by atoms with van der Waals surface area (Å²) in [4.78, 5) is 27.5. The van der Waals surface area contributed by atoms with Crippen LogP contribution in [0.1, 0.15) is 22.7 Å². The first-order valence-electron chi connectivity index (χ1n) is 8.49. The molecule has 0 saturated carbocycles. The Morgan fingerprint density at radius 1 is 1.00 bits per heavy atom. The number of fused-ring (bicyclic) bond motifs is 5. The van der Waals surface area contributed by atoms with Crippen LogP contribution in [0.5, 0.6) is 0 Å². The average molecular weight is 331 g/mol. The smallest absolute Gasteiger partial charge is 0.240 e. The van der Waals surface area contributed by atoms with E-state index in [0.29, 0.717) is 12.2 Å². The van der Waals surface area contributed by atoms with Gasteiger partial charge in [0.2, 0.25) is 11.8 Å². The van der Waals surface area contributed by atoms with Gasteiger partial charge in [-0.25, -0.2) is 4.90 Å². The second-order valence-electron chi connectivity index (χ2n) is 6.92. The molecule has 2 aromatic rings. The molecule has 2 saturated heterocycles. The van der Waals surface area contributed by atoms with Crippen molar-refractivity contribution in [2.24, 2.45) is 16.9 Å². The van der Waals surface area contributed by atoms with E-state index in [4.69, 9.17) is 0 Å². The normalized spacial score (nSPS) is 26.7. The number of hydrogen-bond donors (Lipinski definition) is 0. The minimum atomic E-state index is -0.368. The molecular weight excluding hydrogens is 314 g/mol. The first-order chi connectivity index (χ1) is 12.1. The van der Waals surface area contributed by atoms with E-state index in [9.17, 15) is 9.59 Å². The minimum absolute atomic E-state index is 0.110. The van der Waals surface area contributed by atoms with E-state index in [1.165, 1.54) is 4.90 Å². The summed E-state index contributed by atoms with van der Waals surface area (Å²) in [6.07, 6.45) is 1.82. The third-order valence-electron chi connectivity index (χ3n) is 5.47. The van der Waals surface area contributed by atoms with Crippen LogP contribution in [0, 0.1) is 18.8 Å². The van der Waals surface area contributed by atoms with Crippen molar-refractivity contribution in [3.05, 3.63) is 65.2 Å². The highest BCUT2D eigenvalue weighted by Crippen LogP contribution is 2.49. The number of nitrogens with zero attached hydrogens (tertiary/aromatic N) is 3. The average Bonchev–Trinajstić information content (AvgIpc) is 3.13. The molecule has 0 N–H and O–H groups in total. The Hall–Kier alpha value is -2.95. The summed E-state index contributed by atoms with van der Waals surface area (Å²) in [5.74, 6) is -0.922. The molecule has 5 nitrogen and oxygen atoms in total. The van der Waals surface area contributed by atoms with E-state index in [2.05, 4.69) is 5.10 Å². The molecule has 0 aliphatic carbocycles. The van der Waals surface area contributed by atoms with Crippen molar-refractivity contribution >= 4 is 23.7 Å². The maximum absolute atomic E-state index is 13.2. The second-order valence-corrected chi connectivity index (χ2v) is 6.92. The highest BCUT2D eigenvalue weighted by molar-refractivity contribution is 6.22. The predicted molar refractivity (Wildman–Crippen MR) is 94.1 cm³/mol. The van der Waals surface area contributed by atoms with Crippen molar-refractivity contribution in [2.75, 3.05) is 11.4 Å². The first-order valence-corrected chi connectivity index (χ1v) is 8.49. The zero-order valence-corrected chi connectivity index (χ0v) is 13.8. The van der Waals surface area contributed by atoms with Gasteiger partial charge in [-0.1, -0.05) is 42.0 Å². The lowest BCUT2D eigenvalue weighted by Gasteiger charge is -2.30. The van der Waals surface area contributed by atoms with Crippen LogP contribution in [0.3, 0.4) is 0 Å². The summed E-state index contributed by atoms with van der Waals surface area (Å²) in [6.45, 7) is 2.48. The van der Waals surface area contributed by atoms with Gasteiger partial charge in [-0.3, -0.25) is 14.6 Å². The maximum atomic E-state index is 13.2. The Morgan fingerprint density at radius 3 is 2.56 bits per heavy atom. The molecule has 0 bridgehead atoms. The molecule has 3 aliphatic heterocycles. The van der Waals surface area contributed by atoms with Crippen LogP contribution in [0.4, 0.5) is 5.69 Å². The van der Waals surface area contributed by atoms with Gasteiger partial charge in [0.05, 0.1) is 29.8 Å². The number of imide groups is 1. The van der Waals surface area contributed by atoms with Crippen molar-refractivity contribution in [3.8, 4) is 0 Å². The molecule has 0 radical (unpaired) electrons. The van der Waals surface area contributed by atoms with Gasteiger partial charge in [0.25, 0.3) is 0 Å². The highest BCUT2D eigenvalue weighted by Gasteiger charge is 2.59. The fourth-order valence-electron chi connectivity index (χ4n) is 4.25. The molecule has 0 aromatic heterocycles. The lowest BCUT2D eigenvalue weighted by molar-refractivity contribution is -0.123. The minimum Gasteiger partial charge on any atom is -0.288 e. The lowest BCUT2D eigenvalue weighted by Crippen LogP contribution is -2.37. The molecule has 124 valence electrons. The van der Waals surface area contributed by atoms with Crippen LogP contribution in [0.2, 0.25) is 0 Å². The van der Waals surface area contributed by atoms with E-state index >= 15 is 0 Å². The summed E-state index contributed by atoms with van der Waals surface area (Å²) >= 11 is 0. The molecule has 3 atom stereocenters. The number of carbonyl (C=O) groups excluding carboxylic acids is 2. The van der Waals surface area contributed by atoms with Crippen LogP contribution < -0.4 is 4.90 Å². The maximum Gasteiger partial charge on any atom is 0.240 e. The van der Waals surface area contributed by atoms with Crippen molar-refractivity contribution in [1.29, 1.82) is 0 Å². The van der Waals surface area contributed by atoms with Gasteiger partial charge in [0, 0.05) is 6.54 Å². The SMILES string of the molecule is Cc1ccc(N2C(=O)[C@@H]3[C@@H](CN4N=Cc5ccccc5[C@@H]34)C2=O)cc1. The Bertz CT molecular complexity index is 919. The highest BCUT2D eigenvalue weighted by atomic mass is 16.2. The van der Waals surface area contributed by atoms with Crippen LogP contribution >= 0.6 is 0 Å². The van der Waals surface area contributed by atoms with Gasteiger partial charge in [0.1, 0.15) is 0 Å². The predicted octanol–water partition coefficient (Wildman–Crippen LogP) is 2.51. The summed E-state index contributed by atoms with van der Waals surface area (Å²) < 4.78 is 0. The Balaban J connectivity index is 1.57. The first kappa shape index (κ1) is 14.4. The Labute approximate surface area is 145 Å². The largest absolute Gasteiger partial charge is 0.288 e. The van der Waals surface area contributed by atoms with E-state index in [1.54, 1.807) is 0 Å². The van der Waals surface area contributed by atoms with Gasteiger partial charge in [-0.05, 0) is 30.2 Å². The standard InChI is InChI=1S/C20H17N3O2/c1-12-6-8-14(9-7-12)23-19(24)16-11-22-18(17(16)20(23)25)15-5-3-2-4-13(15)10-21-22/h2-10,16-18H,11H2,1H3/t16-,17-,18+/m1/s1. The van der Waals surface area contributed by atoms with Crippen LogP contribution in [-0.2, 0) is 9.59 Å². The van der Waals surface area contributed by atoms with E-state index in [-0.39, 0.29) is 29.7 Å². The monoisotopic (exact) mass is 331 g/mol. The molecule has 3 aliphatic rings. The van der Waals surface area contributed by atoms with Crippen molar-refractivity contribution in [1.82, 2.24) is 5.01 Å². The fraction of sp³-hybridized carbons (Fsp3) is 0.250. The number of benzene rings is 2. The van der Waals surface area contributed by atoms with Crippen LogP contribution in [0.15, 0.2) is 53.6 Å². The third-order valence-corrected chi connectivity index (χ3v) is 5.47. The number of carbonyl (C=O) groups is 2. The van der Waals surface area contributed by atoms with E-state index < -0.39 is 0 Å². The molecule has 0 spiro atoms. The van der Waals surface area contributed by atoms with Gasteiger partial charge in [0.15, 0.2) is 0 Å². The van der Waals surface area contributed by atoms with Crippen molar-refractivity contribution < 1.29 is 9.59 Å². The molecule has 25 heavy (non-hydrogen) atoms. The summed E-state index contributed by atoms with van der Waals surface area (Å²) in [5, 5.41) is 6.38. The van der Waals surface area contributed by atoms with Crippen molar-refractivity contribution in [3.63, 3.8) is 0 Å². The molecule has 0 unspecified atom stereocenters. The summed E-state index contributed by atoms with van der Waals surface area (Å²) in [5.41, 5.74) is 3.87. The number of rotatable bonds is 1. The number of amides is 2. The lowest BCUT2D eigenvalue weighted by atomic mass is 9.86. The van der Waals surface area contributed by atoms with Crippen LogP contribution in [0.25, 0.3) is 0 Å². The Morgan fingerprint density at radius 2 is 1.76 bits per heavy atom. The molecule has 2 fully saturated rings. The Kier molecular flexibility index (Phi) is 2.89. The summed E-state index contributed by atoms with van der Waals surface area (Å²) in [6, 6.07) is 15.4. The molecule has 3 heterocycles. The molecule has 2 amide bonds. The van der Waals surface area contributed by atoms with Gasteiger partial charge in [-0.15, -0.1) is 0 Å². The van der Waals surface area contributed by atoms with E-state index in [0.717, 1.165) is 16.7 Å². The second kappa shape index (κ2) is 5.02. The molecule has 5 heteroatoms. The van der Waals surface area contributed by atoms with Crippen molar-refractivity contribution in [2.45, 2.75) is 13.0 Å². The topological polar surface area (TPSA) is 53.0 Å². The quantitative estimate of drug-likeness (QED) is 0.755. The number of hydrazone groups is 1. The number of hydrogen-bond acceptors (Lipinski definition) is 4. The number of anilines is 1. The molecule has 2 aromatic carbocycles. The zero-order chi connectivity index (χ0) is 17.1. The third kappa shape index (κ3) is 1.92. The number of aryl methyl sites for hydroxylation is 1. The summed E-state index contributed by atoms with van der Waals surface area (Å²) in [7, 11) is 0. The van der Waals surface area contributed by atoms with E-state index in [1.807, 2.05) is 66.7 Å².